The van der Waals surface area contributed by atoms with Crippen LogP contribution in [0, 0.1) is 6.92 Å². The van der Waals surface area contributed by atoms with Crippen LogP contribution in [0.4, 0.5) is 0 Å². The fourth-order valence-corrected chi connectivity index (χ4v) is 1.45. The van der Waals surface area contributed by atoms with E-state index in [1.54, 1.807) is 0 Å². The van der Waals surface area contributed by atoms with Crippen molar-refractivity contribution in [1.29, 1.82) is 0 Å². The van der Waals surface area contributed by atoms with E-state index >= 15 is 0 Å². The molecule has 0 saturated carbocycles. The van der Waals surface area contributed by atoms with Crippen molar-refractivity contribution in [1.82, 2.24) is 10.3 Å². The number of rotatable bonds is 4. The summed E-state index contributed by atoms with van der Waals surface area (Å²) in [7, 11) is 0. The standard InChI is InChI=1S/C12H20N2.2C2H6/c1-5-12-10(4)6-11(8-14-12)7-13-9(2)3;2*1-2/h6,8-9,13H,5,7H2,1-4H3;2*1-2H3. The minimum Gasteiger partial charge on any atom is -0.310 e. The minimum atomic E-state index is 0.529. The van der Waals surface area contributed by atoms with E-state index in [9.17, 15) is 0 Å². The van der Waals surface area contributed by atoms with Gasteiger partial charge in [-0.05, 0) is 24.5 Å². The lowest BCUT2D eigenvalue weighted by Crippen LogP contribution is -2.22. The second-order valence-corrected chi connectivity index (χ2v) is 4.00. The van der Waals surface area contributed by atoms with Crippen LogP contribution in [0.25, 0.3) is 0 Å². The van der Waals surface area contributed by atoms with E-state index in [4.69, 9.17) is 0 Å². The Kier molecular flexibility index (Phi) is 13.6. The maximum absolute atomic E-state index is 4.43. The van der Waals surface area contributed by atoms with Crippen LogP contribution in [0.15, 0.2) is 12.3 Å². The Bertz CT molecular complexity index is 293. The number of hydrogen-bond acceptors (Lipinski definition) is 2. The normalized spacial score (nSPS) is 9.17. The Balaban J connectivity index is 0. The summed E-state index contributed by atoms with van der Waals surface area (Å²) in [4.78, 5) is 4.43. The van der Waals surface area contributed by atoms with Gasteiger partial charge in [0, 0.05) is 24.5 Å². The van der Waals surface area contributed by atoms with Gasteiger partial charge in [0.05, 0.1) is 0 Å². The van der Waals surface area contributed by atoms with E-state index in [0.717, 1.165) is 13.0 Å². The minimum absolute atomic E-state index is 0.529. The lowest BCUT2D eigenvalue weighted by atomic mass is 10.1. The van der Waals surface area contributed by atoms with Gasteiger partial charge in [-0.2, -0.15) is 0 Å². The Hall–Kier alpha value is -0.890. The van der Waals surface area contributed by atoms with Gasteiger partial charge in [-0.1, -0.05) is 54.5 Å². The van der Waals surface area contributed by atoms with Gasteiger partial charge in [-0.3, -0.25) is 4.98 Å². The number of nitrogens with one attached hydrogen (secondary N) is 1. The molecule has 1 aromatic rings. The van der Waals surface area contributed by atoms with Gasteiger partial charge in [0.2, 0.25) is 0 Å². The molecule has 18 heavy (non-hydrogen) atoms. The van der Waals surface area contributed by atoms with E-state index in [0.29, 0.717) is 6.04 Å². The molecule has 0 atom stereocenters. The van der Waals surface area contributed by atoms with Gasteiger partial charge < -0.3 is 5.32 Å². The van der Waals surface area contributed by atoms with Crippen LogP contribution in [0.2, 0.25) is 0 Å². The third-order valence-electron chi connectivity index (χ3n) is 2.29. The highest BCUT2D eigenvalue weighted by molar-refractivity contribution is 5.23. The molecule has 106 valence electrons. The van der Waals surface area contributed by atoms with Crippen LogP contribution in [0.3, 0.4) is 0 Å². The molecule has 0 aromatic carbocycles. The molecule has 0 aliphatic heterocycles. The molecule has 1 rings (SSSR count). The zero-order chi connectivity index (χ0) is 14.6. The highest BCUT2D eigenvalue weighted by Crippen LogP contribution is 2.08. The Labute approximate surface area is 114 Å². The fourth-order valence-electron chi connectivity index (χ4n) is 1.45. The summed E-state index contributed by atoms with van der Waals surface area (Å²) in [6.07, 6.45) is 2.99. The predicted molar refractivity (Wildman–Crippen MR) is 83.0 cm³/mol. The van der Waals surface area contributed by atoms with Gasteiger partial charge in [0.1, 0.15) is 0 Å². The summed E-state index contributed by atoms with van der Waals surface area (Å²) in [6, 6.07) is 2.75. The zero-order valence-corrected chi connectivity index (χ0v) is 13.6. The van der Waals surface area contributed by atoms with Crippen LogP contribution < -0.4 is 5.32 Å². The SMILES string of the molecule is CC.CC.CCc1ncc(CNC(C)C)cc1C. The lowest BCUT2D eigenvalue weighted by Gasteiger charge is -2.09. The molecule has 1 aromatic heterocycles. The Morgan fingerprint density at radius 3 is 2.11 bits per heavy atom. The summed E-state index contributed by atoms with van der Waals surface area (Å²) in [5.41, 5.74) is 3.78. The molecular weight excluding hydrogens is 220 g/mol. The quantitative estimate of drug-likeness (QED) is 0.853. The van der Waals surface area contributed by atoms with Crippen molar-refractivity contribution in [2.45, 2.75) is 74.4 Å². The van der Waals surface area contributed by atoms with Gasteiger partial charge in [-0.25, -0.2) is 0 Å². The van der Waals surface area contributed by atoms with Crippen molar-refractivity contribution < 1.29 is 0 Å². The number of nitrogens with zero attached hydrogens (tertiary/aromatic N) is 1. The molecule has 0 aliphatic carbocycles. The second kappa shape index (κ2) is 12.6. The van der Waals surface area contributed by atoms with Gasteiger partial charge >= 0.3 is 0 Å². The predicted octanol–water partition coefficient (Wildman–Crippen LogP) is 4.50. The molecule has 2 nitrogen and oxygen atoms in total. The van der Waals surface area contributed by atoms with Crippen molar-refractivity contribution in [3.63, 3.8) is 0 Å². The van der Waals surface area contributed by atoms with Gasteiger partial charge in [-0.15, -0.1) is 0 Å². The second-order valence-electron chi connectivity index (χ2n) is 4.00. The molecule has 0 fully saturated rings. The summed E-state index contributed by atoms with van der Waals surface area (Å²) >= 11 is 0. The molecule has 0 bridgehead atoms. The van der Waals surface area contributed by atoms with Crippen LogP contribution in [0.1, 0.15) is 65.3 Å². The molecule has 0 radical (unpaired) electrons. The fraction of sp³-hybridized carbons (Fsp3) is 0.688. The van der Waals surface area contributed by atoms with Crippen molar-refractivity contribution in [3.8, 4) is 0 Å². The zero-order valence-electron chi connectivity index (χ0n) is 13.6. The van der Waals surface area contributed by atoms with Crippen LogP contribution >= 0.6 is 0 Å². The van der Waals surface area contributed by atoms with Crippen LogP contribution in [-0.4, -0.2) is 11.0 Å². The highest BCUT2D eigenvalue weighted by Gasteiger charge is 2.00. The number of pyridine rings is 1. The van der Waals surface area contributed by atoms with E-state index in [1.165, 1.54) is 16.8 Å². The molecule has 0 aliphatic rings. The van der Waals surface area contributed by atoms with Crippen LogP contribution in [-0.2, 0) is 13.0 Å². The molecular formula is C16H32N2. The third-order valence-corrected chi connectivity index (χ3v) is 2.29. The van der Waals surface area contributed by atoms with Crippen molar-refractivity contribution in [3.05, 3.63) is 29.1 Å². The number of hydrogen-bond donors (Lipinski definition) is 1. The third kappa shape index (κ3) is 8.24. The van der Waals surface area contributed by atoms with E-state index in [-0.39, 0.29) is 0 Å². The molecule has 1 N–H and O–H groups in total. The van der Waals surface area contributed by atoms with E-state index in [1.807, 2.05) is 33.9 Å². The molecule has 1 heterocycles. The first kappa shape index (κ1) is 19.4. The summed E-state index contributed by atoms with van der Waals surface area (Å²) in [6.45, 7) is 17.5. The molecule has 2 heteroatoms. The first-order valence-electron chi connectivity index (χ1n) is 7.31. The van der Waals surface area contributed by atoms with Crippen molar-refractivity contribution in [2.24, 2.45) is 0 Å². The summed E-state index contributed by atoms with van der Waals surface area (Å²) in [5.74, 6) is 0. The Morgan fingerprint density at radius 1 is 1.17 bits per heavy atom. The largest absolute Gasteiger partial charge is 0.310 e. The lowest BCUT2D eigenvalue weighted by molar-refractivity contribution is 0.587. The summed E-state index contributed by atoms with van der Waals surface area (Å²) < 4.78 is 0. The maximum atomic E-state index is 4.43. The highest BCUT2D eigenvalue weighted by atomic mass is 14.9. The average molecular weight is 252 g/mol. The van der Waals surface area contributed by atoms with Gasteiger partial charge in [0.25, 0.3) is 0 Å². The van der Waals surface area contributed by atoms with Crippen molar-refractivity contribution >= 4 is 0 Å². The van der Waals surface area contributed by atoms with Crippen molar-refractivity contribution in [2.75, 3.05) is 0 Å². The monoisotopic (exact) mass is 252 g/mol. The molecule has 0 saturated heterocycles. The average Bonchev–Trinajstić information content (AvgIpc) is 2.41. The van der Waals surface area contributed by atoms with E-state index in [2.05, 4.69) is 44.1 Å². The van der Waals surface area contributed by atoms with Gasteiger partial charge in [0.15, 0.2) is 0 Å². The number of aryl methyl sites for hydroxylation is 2. The molecule has 0 amide bonds. The number of aromatic nitrogens is 1. The molecule has 0 unspecified atom stereocenters. The maximum Gasteiger partial charge on any atom is 0.0430 e. The first-order valence-corrected chi connectivity index (χ1v) is 7.31. The Morgan fingerprint density at radius 2 is 1.72 bits per heavy atom. The smallest absolute Gasteiger partial charge is 0.0430 e. The van der Waals surface area contributed by atoms with E-state index < -0.39 is 0 Å². The molecule has 0 spiro atoms. The topological polar surface area (TPSA) is 24.9 Å². The van der Waals surface area contributed by atoms with Crippen LogP contribution in [0.5, 0.6) is 0 Å². The summed E-state index contributed by atoms with van der Waals surface area (Å²) in [5, 5.41) is 3.39. The first-order chi connectivity index (χ1) is 8.63.